The fourth-order valence-electron chi connectivity index (χ4n) is 2.01. The Morgan fingerprint density at radius 1 is 1.56 bits per heavy atom. The summed E-state index contributed by atoms with van der Waals surface area (Å²) in [5, 5.41) is 3.17. The molecule has 90 valence electrons. The van der Waals surface area contributed by atoms with Crippen LogP contribution in [0.2, 0.25) is 0 Å². The second-order valence-electron chi connectivity index (χ2n) is 4.50. The molecule has 0 amide bonds. The number of nitrogens with zero attached hydrogens (tertiary/aromatic N) is 3. The van der Waals surface area contributed by atoms with Gasteiger partial charge in [0.2, 0.25) is 0 Å². The molecule has 1 aliphatic heterocycles. The van der Waals surface area contributed by atoms with E-state index >= 15 is 0 Å². The van der Waals surface area contributed by atoms with E-state index in [1.807, 2.05) is 0 Å². The normalized spacial score (nSPS) is 23.8. The van der Waals surface area contributed by atoms with Crippen LogP contribution in [-0.4, -0.2) is 47.5 Å². The van der Waals surface area contributed by atoms with Crippen LogP contribution in [0.4, 0.5) is 0 Å². The predicted octanol–water partition coefficient (Wildman–Crippen LogP) is 0.738. The molecule has 5 heteroatoms. The summed E-state index contributed by atoms with van der Waals surface area (Å²) in [6, 6.07) is 0.640. The topological polar surface area (TPSA) is 45.4 Å². The highest BCUT2D eigenvalue weighted by Crippen LogP contribution is 2.14. The lowest BCUT2D eigenvalue weighted by Crippen LogP contribution is -2.49. The average molecular weight is 240 g/mol. The Morgan fingerprint density at radius 2 is 2.38 bits per heavy atom. The summed E-state index contributed by atoms with van der Waals surface area (Å²) in [6.45, 7) is 7.22. The van der Waals surface area contributed by atoms with Crippen molar-refractivity contribution >= 4 is 11.3 Å². The van der Waals surface area contributed by atoms with Crippen molar-refractivity contribution in [1.29, 1.82) is 0 Å². The van der Waals surface area contributed by atoms with Gasteiger partial charge in [-0.1, -0.05) is 0 Å². The van der Waals surface area contributed by atoms with Gasteiger partial charge in [0, 0.05) is 44.1 Å². The largest absolute Gasteiger partial charge is 0.325 e. The van der Waals surface area contributed by atoms with Crippen molar-refractivity contribution in [3.8, 4) is 0 Å². The first-order chi connectivity index (χ1) is 7.69. The van der Waals surface area contributed by atoms with Crippen molar-refractivity contribution in [3.05, 3.63) is 16.1 Å². The smallest absolute Gasteiger partial charge is 0.106 e. The third-order valence-electron chi connectivity index (χ3n) is 3.20. The van der Waals surface area contributed by atoms with E-state index < -0.39 is 0 Å². The molecule has 0 aromatic carbocycles. The quantitative estimate of drug-likeness (QED) is 0.846. The van der Waals surface area contributed by atoms with Crippen LogP contribution in [0.1, 0.15) is 17.6 Å². The van der Waals surface area contributed by atoms with Crippen molar-refractivity contribution in [2.24, 2.45) is 5.73 Å². The number of hydrogen-bond acceptors (Lipinski definition) is 5. The minimum atomic E-state index is 0.559. The van der Waals surface area contributed by atoms with Crippen LogP contribution in [0.15, 0.2) is 5.38 Å². The summed E-state index contributed by atoms with van der Waals surface area (Å²) >= 11 is 1.67. The molecule has 0 spiro atoms. The highest BCUT2D eigenvalue weighted by atomic mass is 32.1. The van der Waals surface area contributed by atoms with Gasteiger partial charge in [-0.15, -0.1) is 11.3 Å². The van der Waals surface area contributed by atoms with E-state index in [-0.39, 0.29) is 0 Å². The summed E-state index contributed by atoms with van der Waals surface area (Å²) < 4.78 is 0. The maximum atomic E-state index is 5.56. The molecule has 0 bridgehead atoms. The summed E-state index contributed by atoms with van der Waals surface area (Å²) in [4.78, 5) is 9.38. The Morgan fingerprint density at radius 3 is 3.00 bits per heavy atom. The Balaban J connectivity index is 1.90. The summed E-state index contributed by atoms with van der Waals surface area (Å²) in [5.41, 5.74) is 6.73. The van der Waals surface area contributed by atoms with Crippen molar-refractivity contribution in [3.63, 3.8) is 0 Å². The van der Waals surface area contributed by atoms with E-state index in [1.54, 1.807) is 11.3 Å². The minimum Gasteiger partial charge on any atom is -0.325 e. The molecule has 1 aromatic rings. The lowest BCUT2D eigenvalue weighted by Gasteiger charge is -2.37. The summed E-state index contributed by atoms with van der Waals surface area (Å²) in [7, 11) is 2.19. The molecule has 0 saturated carbocycles. The molecule has 1 saturated heterocycles. The fraction of sp³-hybridized carbons (Fsp3) is 0.727. The molecule has 1 unspecified atom stereocenters. The van der Waals surface area contributed by atoms with Gasteiger partial charge in [0.25, 0.3) is 0 Å². The molecule has 0 radical (unpaired) electrons. The summed E-state index contributed by atoms with van der Waals surface area (Å²) in [6.07, 6.45) is 0. The number of likely N-dealkylation sites (N-methyl/N-ethyl adjacent to an activating group) is 1. The fourth-order valence-corrected chi connectivity index (χ4v) is 2.68. The van der Waals surface area contributed by atoms with E-state index in [1.165, 1.54) is 5.69 Å². The van der Waals surface area contributed by atoms with Crippen molar-refractivity contribution in [1.82, 2.24) is 14.8 Å². The van der Waals surface area contributed by atoms with Gasteiger partial charge in [0.05, 0.1) is 5.69 Å². The molecular weight excluding hydrogens is 220 g/mol. The van der Waals surface area contributed by atoms with Gasteiger partial charge in [-0.3, -0.25) is 4.90 Å². The highest BCUT2D eigenvalue weighted by Gasteiger charge is 2.20. The Kier molecular flexibility index (Phi) is 3.91. The monoisotopic (exact) mass is 240 g/mol. The van der Waals surface area contributed by atoms with Gasteiger partial charge in [0.15, 0.2) is 0 Å². The Labute approximate surface area is 101 Å². The molecule has 1 atom stereocenters. The third-order valence-corrected chi connectivity index (χ3v) is 4.12. The first-order valence-electron chi connectivity index (χ1n) is 5.75. The molecule has 1 fully saturated rings. The van der Waals surface area contributed by atoms with Crippen molar-refractivity contribution in [2.45, 2.75) is 26.1 Å². The highest BCUT2D eigenvalue weighted by molar-refractivity contribution is 7.09. The van der Waals surface area contributed by atoms with Crippen molar-refractivity contribution in [2.75, 3.05) is 26.7 Å². The van der Waals surface area contributed by atoms with Crippen LogP contribution in [0.25, 0.3) is 0 Å². The van der Waals surface area contributed by atoms with E-state index in [4.69, 9.17) is 5.73 Å². The number of hydrogen-bond donors (Lipinski definition) is 1. The molecule has 4 nitrogen and oxygen atoms in total. The number of nitrogens with two attached hydrogens (primary N) is 1. The number of aromatic nitrogens is 1. The van der Waals surface area contributed by atoms with Gasteiger partial charge in [-0.05, 0) is 14.0 Å². The maximum absolute atomic E-state index is 5.56. The van der Waals surface area contributed by atoms with Gasteiger partial charge in [-0.2, -0.15) is 0 Å². The standard InChI is InChI=1S/C11H20N4S/c1-9-6-15(4-3-14(9)2)7-10-8-16-11(5-12)13-10/h8-9H,3-7,12H2,1-2H3. The molecule has 16 heavy (non-hydrogen) atoms. The zero-order chi connectivity index (χ0) is 11.5. The zero-order valence-corrected chi connectivity index (χ0v) is 10.8. The lowest BCUT2D eigenvalue weighted by atomic mass is 10.2. The van der Waals surface area contributed by atoms with E-state index in [0.29, 0.717) is 12.6 Å². The minimum absolute atomic E-state index is 0.559. The maximum Gasteiger partial charge on any atom is 0.106 e. The van der Waals surface area contributed by atoms with Crippen LogP contribution in [0, 0.1) is 0 Å². The lowest BCUT2D eigenvalue weighted by molar-refractivity contribution is 0.0992. The molecule has 2 rings (SSSR count). The van der Waals surface area contributed by atoms with Crippen molar-refractivity contribution < 1.29 is 0 Å². The number of piperazine rings is 1. The summed E-state index contributed by atoms with van der Waals surface area (Å²) in [5.74, 6) is 0. The molecule has 0 aliphatic carbocycles. The van der Waals surface area contributed by atoms with Gasteiger partial charge < -0.3 is 10.6 Å². The van der Waals surface area contributed by atoms with Crippen LogP contribution < -0.4 is 5.73 Å². The number of thiazole rings is 1. The first kappa shape index (κ1) is 12.0. The molecule has 1 aliphatic rings. The molecule has 2 N–H and O–H groups in total. The van der Waals surface area contributed by atoms with Crippen LogP contribution >= 0.6 is 11.3 Å². The predicted molar refractivity (Wildman–Crippen MR) is 67.4 cm³/mol. The SMILES string of the molecule is CC1CN(Cc2csc(CN)n2)CCN1C. The second kappa shape index (κ2) is 5.23. The molecular formula is C11H20N4S. The van der Waals surface area contributed by atoms with E-state index in [9.17, 15) is 0 Å². The Hall–Kier alpha value is -0.490. The average Bonchev–Trinajstić information content (AvgIpc) is 2.71. The Bertz CT molecular complexity index is 338. The zero-order valence-electron chi connectivity index (χ0n) is 10.0. The van der Waals surface area contributed by atoms with Crippen LogP contribution in [0.3, 0.4) is 0 Å². The molecule has 1 aromatic heterocycles. The van der Waals surface area contributed by atoms with Gasteiger partial charge in [-0.25, -0.2) is 4.98 Å². The molecule has 2 heterocycles. The van der Waals surface area contributed by atoms with Crippen LogP contribution in [0.5, 0.6) is 0 Å². The second-order valence-corrected chi connectivity index (χ2v) is 5.44. The van der Waals surface area contributed by atoms with E-state index in [0.717, 1.165) is 31.2 Å². The van der Waals surface area contributed by atoms with Gasteiger partial charge >= 0.3 is 0 Å². The third kappa shape index (κ3) is 2.79. The van der Waals surface area contributed by atoms with Gasteiger partial charge in [0.1, 0.15) is 5.01 Å². The number of rotatable bonds is 3. The first-order valence-corrected chi connectivity index (χ1v) is 6.63. The van der Waals surface area contributed by atoms with Crippen LogP contribution in [-0.2, 0) is 13.1 Å². The van der Waals surface area contributed by atoms with E-state index in [2.05, 4.69) is 34.1 Å².